The van der Waals surface area contributed by atoms with Gasteiger partial charge in [0.2, 0.25) is 5.91 Å². The smallest absolute Gasteiger partial charge is 0.249 e. The first-order valence-corrected chi connectivity index (χ1v) is 6.68. The predicted molar refractivity (Wildman–Crippen MR) is 78.9 cm³/mol. The highest BCUT2D eigenvalue weighted by atomic mass is 16.5. The number of carbonyl (C=O) groups excluding carboxylic acids is 1. The summed E-state index contributed by atoms with van der Waals surface area (Å²) in [6.45, 7) is 0.458. The van der Waals surface area contributed by atoms with Gasteiger partial charge in [0.05, 0.1) is 31.5 Å². The lowest BCUT2D eigenvalue weighted by Gasteiger charge is -2.11. The van der Waals surface area contributed by atoms with Crippen molar-refractivity contribution in [1.29, 1.82) is 0 Å². The SMILES string of the molecule is COc1ccc(CN2N=C(c3ccccn3)CC2=O)cc1. The number of benzene rings is 1. The Kier molecular flexibility index (Phi) is 3.64. The summed E-state index contributed by atoms with van der Waals surface area (Å²) in [6, 6.07) is 13.2. The van der Waals surface area contributed by atoms with E-state index in [1.807, 2.05) is 42.5 Å². The van der Waals surface area contributed by atoms with Gasteiger partial charge in [-0.25, -0.2) is 5.01 Å². The lowest BCUT2D eigenvalue weighted by atomic mass is 10.2. The molecule has 21 heavy (non-hydrogen) atoms. The lowest BCUT2D eigenvalue weighted by molar-refractivity contribution is -0.129. The zero-order valence-corrected chi connectivity index (χ0v) is 11.7. The number of carbonyl (C=O) groups is 1. The van der Waals surface area contributed by atoms with E-state index in [0.717, 1.165) is 17.0 Å². The largest absolute Gasteiger partial charge is 0.497 e. The van der Waals surface area contributed by atoms with E-state index in [1.54, 1.807) is 13.3 Å². The minimum atomic E-state index is -0.00790. The molecule has 5 heteroatoms. The highest BCUT2D eigenvalue weighted by Crippen LogP contribution is 2.18. The number of methoxy groups -OCH3 is 1. The third kappa shape index (κ3) is 2.91. The molecule has 0 atom stereocenters. The van der Waals surface area contributed by atoms with Crippen LogP contribution in [0.1, 0.15) is 17.7 Å². The molecule has 0 saturated carbocycles. The van der Waals surface area contributed by atoms with E-state index in [4.69, 9.17) is 4.74 Å². The molecule has 0 bridgehead atoms. The van der Waals surface area contributed by atoms with Crippen LogP contribution in [-0.2, 0) is 11.3 Å². The van der Waals surface area contributed by atoms with Gasteiger partial charge in [0.15, 0.2) is 0 Å². The summed E-state index contributed by atoms with van der Waals surface area (Å²) in [5.41, 5.74) is 2.48. The summed E-state index contributed by atoms with van der Waals surface area (Å²) in [6.07, 6.45) is 2.00. The van der Waals surface area contributed by atoms with Crippen LogP contribution >= 0.6 is 0 Å². The van der Waals surface area contributed by atoms with Crippen molar-refractivity contribution in [3.8, 4) is 5.75 Å². The van der Waals surface area contributed by atoms with Crippen molar-refractivity contribution in [2.75, 3.05) is 7.11 Å². The van der Waals surface area contributed by atoms with E-state index in [1.165, 1.54) is 5.01 Å². The number of hydrogen-bond acceptors (Lipinski definition) is 4. The van der Waals surface area contributed by atoms with Crippen molar-refractivity contribution in [3.63, 3.8) is 0 Å². The molecule has 1 aliphatic rings. The number of hydrazone groups is 1. The van der Waals surface area contributed by atoms with Crippen molar-refractivity contribution < 1.29 is 9.53 Å². The van der Waals surface area contributed by atoms with Crippen LogP contribution < -0.4 is 4.74 Å². The van der Waals surface area contributed by atoms with Crippen LogP contribution in [0.25, 0.3) is 0 Å². The van der Waals surface area contributed by atoms with Gasteiger partial charge in [-0.2, -0.15) is 5.10 Å². The first kappa shape index (κ1) is 13.3. The number of nitrogens with zero attached hydrogens (tertiary/aromatic N) is 3. The Hall–Kier alpha value is -2.69. The van der Waals surface area contributed by atoms with Gasteiger partial charge < -0.3 is 4.74 Å². The van der Waals surface area contributed by atoms with Crippen molar-refractivity contribution in [1.82, 2.24) is 9.99 Å². The average Bonchev–Trinajstić information content (AvgIpc) is 2.90. The number of rotatable bonds is 4. The van der Waals surface area contributed by atoms with Crippen LogP contribution in [0.4, 0.5) is 0 Å². The average molecular weight is 281 g/mol. The van der Waals surface area contributed by atoms with Gasteiger partial charge in [-0.05, 0) is 29.8 Å². The summed E-state index contributed by atoms with van der Waals surface area (Å²) >= 11 is 0. The Morgan fingerprint density at radius 1 is 1.19 bits per heavy atom. The second kappa shape index (κ2) is 5.75. The van der Waals surface area contributed by atoms with E-state index in [2.05, 4.69) is 10.1 Å². The topological polar surface area (TPSA) is 54.8 Å². The molecule has 2 aromatic rings. The molecular formula is C16H15N3O2. The number of amides is 1. The van der Waals surface area contributed by atoms with Gasteiger partial charge in [-0.3, -0.25) is 9.78 Å². The van der Waals surface area contributed by atoms with Crippen molar-refractivity contribution >= 4 is 11.6 Å². The van der Waals surface area contributed by atoms with Crippen LogP contribution in [0.15, 0.2) is 53.8 Å². The molecular weight excluding hydrogens is 266 g/mol. The maximum atomic E-state index is 12.0. The molecule has 0 N–H and O–H groups in total. The fourth-order valence-electron chi connectivity index (χ4n) is 2.17. The minimum Gasteiger partial charge on any atom is -0.497 e. The number of ether oxygens (including phenoxy) is 1. The fraction of sp³-hybridized carbons (Fsp3) is 0.188. The molecule has 5 nitrogen and oxygen atoms in total. The Labute approximate surface area is 122 Å². The first-order chi connectivity index (χ1) is 10.3. The molecule has 0 saturated heterocycles. The number of hydrogen-bond donors (Lipinski definition) is 0. The van der Waals surface area contributed by atoms with Crippen molar-refractivity contribution in [2.45, 2.75) is 13.0 Å². The quantitative estimate of drug-likeness (QED) is 0.863. The van der Waals surface area contributed by atoms with Crippen LogP contribution in [-0.4, -0.2) is 28.7 Å². The number of pyridine rings is 1. The van der Waals surface area contributed by atoms with Crippen LogP contribution in [0.3, 0.4) is 0 Å². The second-order valence-electron chi connectivity index (χ2n) is 4.74. The van der Waals surface area contributed by atoms with E-state index >= 15 is 0 Å². The molecule has 0 spiro atoms. The molecule has 0 unspecified atom stereocenters. The minimum absolute atomic E-state index is 0.00790. The van der Waals surface area contributed by atoms with Crippen molar-refractivity contribution in [3.05, 3.63) is 59.9 Å². The third-order valence-electron chi connectivity index (χ3n) is 3.30. The molecule has 1 amide bonds. The summed E-state index contributed by atoms with van der Waals surface area (Å²) in [7, 11) is 1.63. The maximum Gasteiger partial charge on any atom is 0.249 e. The van der Waals surface area contributed by atoms with E-state index in [-0.39, 0.29) is 5.91 Å². The number of aromatic nitrogens is 1. The first-order valence-electron chi connectivity index (χ1n) is 6.68. The highest BCUT2D eigenvalue weighted by molar-refractivity contribution is 6.12. The van der Waals surface area contributed by atoms with E-state index in [9.17, 15) is 4.79 Å². The molecule has 1 aromatic heterocycles. The maximum absolute atomic E-state index is 12.0. The zero-order chi connectivity index (χ0) is 14.7. The van der Waals surface area contributed by atoms with Crippen molar-refractivity contribution in [2.24, 2.45) is 5.10 Å². The summed E-state index contributed by atoms with van der Waals surface area (Å²) in [5, 5.41) is 5.88. The summed E-state index contributed by atoms with van der Waals surface area (Å²) < 4.78 is 5.12. The molecule has 1 aliphatic heterocycles. The highest BCUT2D eigenvalue weighted by Gasteiger charge is 2.25. The predicted octanol–water partition coefficient (Wildman–Crippen LogP) is 2.23. The summed E-state index contributed by atoms with van der Waals surface area (Å²) in [5.74, 6) is 0.788. The van der Waals surface area contributed by atoms with Gasteiger partial charge in [-0.15, -0.1) is 0 Å². The molecule has 0 aliphatic carbocycles. The van der Waals surface area contributed by atoms with Crippen LogP contribution in [0.2, 0.25) is 0 Å². The zero-order valence-electron chi connectivity index (χ0n) is 11.7. The fourth-order valence-corrected chi connectivity index (χ4v) is 2.17. The van der Waals surface area contributed by atoms with Gasteiger partial charge in [0.1, 0.15) is 5.75 Å². The van der Waals surface area contributed by atoms with Gasteiger partial charge >= 0.3 is 0 Å². The van der Waals surface area contributed by atoms with Gasteiger partial charge in [0.25, 0.3) is 0 Å². The van der Waals surface area contributed by atoms with Gasteiger partial charge in [-0.1, -0.05) is 18.2 Å². The Bertz CT molecular complexity index is 666. The monoisotopic (exact) mass is 281 g/mol. The molecule has 0 radical (unpaired) electrons. The van der Waals surface area contributed by atoms with Gasteiger partial charge in [0, 0.05) is 6.20 Å². The van der Waals surface area contributed by atoms with E-state index in [0.29, 0.717) is 18.7 Å². The third-order valence-corrected chi connectivity index (χ3v) is 3.30. The Balaban J connectivity index is 1.76. The molecule has 0 fully saturated rings. The second-order valence-corrected chi connectivity index (χ2v) is 4.74. The standard InChI is InChI=1S/C16H15N3O2/c1-21-13-7-5-12(6-8-13)11-19-16(20)10-15(18-19)14-4-2-3-9-17-14/h2-9H,10-11H2,1H3. The Morgan fingerprint density at radius 2 is 2.00 bits per heavy atom. The normalized spacial score (nSPS) is 14.2. The van der Waals surface area contributed by atoms with E-state index < -0.39 is 0 Å². The van der Waals surface area contributed by atoms with Crippen LogP contribution in [0.5, 0.6) is 5.75 Å². The molecule has 106 valence electrons. The Morgan fingerprint density at radius 3 is 2.67 bits per heavy atom. The lowest BCUT2D eigenvalue weighted by Crippen LogP contribution is -2.19. The summed E-state index contributed by atoms with van der Waals surface area (Å²) in [4.78, 5) is 16.3. The molecule has 1 aromatic carbocycles. The molecule has 2 heterocycles. The van der Waals surface area contributed by atoms with Crippen LogP contribution in [0, 0.1) is 0 Å². The molecule has 3 rings (SSSR count).